The summed E-state index contributed by atoms with van der Waals surface area (Å²) < 4.78 is 0. The van der Waals surface area contributed by atoms with Gasteiger partial charge < -0.3 is 10.2 Å². The molecule has 1 N–H and O–H groups in total. The molecule has 4 heteroatoms. The Morgan fingerprint density at radius 3 is 2.59 bits per heavy atom. The first-order valence-electron chi connectivity index (χ1n) is 10.9. The Hall–Kier alpha value is -1.32. The number of carbonyl (C=O) groups excluding carboxylic acids is 2. The van der Waals surface area contributed by atoms with E-state index in [0.717, 1.165) is 18.8 Å². The predicted octanol–water partition coefficient (Wildman–Crippen LogP) is 3.77. The highest BCUT2D eigenvalue weighted by molar-refractivity contribution is 5.89. The minimum absolute atomic E-state index is 0.0544. The largest absolute Gasteiger partial charge is 0.353 e. The first kappa shape index (κ1) is 19.0. The summed E-state index contributed by atoms with van der Waals surface area (Å²) in [6.45, 7) is 8.79. The van der Waals surface area contributed by atoms with Crippen molar-refractivity contribution < 1.29 is 9.59 Å². The number of carbonyl (C=O) groups is 2. The van der Waals surface area contributed by atoms with Gasteiger partial charge in [0.1, 0.15) is 0 Å². The lowest BCUT2D eigenvalue weighted by Gasteiger charge is -2.60. The smallest absolute Gasteiger partial charge is 0.246 e. The van der Waals surface area contributed by atoms with Gasteiger partial charge in [-0.3, -0.25) is 9.59 Å². The van der Waals surface area contributed by atoms with E-state index in [2.05, 4.69) is 25.2 Å². The zero-order valence-electron chi connectivity index (χ0n) is 17.6. The molecule has 27 heavy (non-hydrogen) atoms. The third kappa shape index (κ3) is 2.69. The van der Waals surface area contributed by atoms with E-state index in [0.29, 0.717) is 23.9 Å². The van der Waals surface area contributed by atoms with Crippen molar-refractivity contribution in [2.45, 2.75) is 78.3 Å². The van der Waals surface area contributed by atoms with Gasteiger partial charge in [0.05, 0.1) is 0 Å². The van der Waals surface area contributed by atoms with Crippen LogP contribution >= 0.6 is 0 Å². The Kier molecular flexibility index (Phi) is 4.47. The van der Waals surface area contributed by atoms with E-state index in [4.69, 9.17) is 0 Å². The number of fused-ring (bicyclic) bond motifs is 5. The lowest BCUT2D eigenvalue weighted by Crippen LogP contribution is -2.60. The molecule has 0 bridgehead atoms. The average Bonchev–Trinajstić information content (AvgIpc) is 2.95. The van der Waals surface area contributed by atoms with Crippen molar-refractivity contribution in [3.05, 3.63) is 12.2 Å². The molecule has 0 aromatic carbocycles. The number of nitrogens with zero attached hydrogens (tertiary/aromatic N) is 1. The first-order chi connectivity index (χ1) is 12.7. The predicted molar refractivity (Wildman–Crippen MR) is 107 cm³/mol. The zero-order valence-corrected chi connectivity index (χ0v) is 17.6. The van der Waals surface area contributed by atoms with Crippen LogP contribution in [0.25, 0.3) is 0 Å². The monoisotopic (exact) mass is 372 g/mol. The van der Waals surface area contributed by atoms with Crippen LogP contribution in [0, 0.1) is 34.5 Å². The quantitative estimate of drug-likeness (QED) is 0.802. The highest BCUT2D eigenvalue weighted by Crippen LogP contribution is 2.63. The molecule has 2 amide bonds. The van der Waals surface area contributed by atoms with Gasteiger partial charge in [0.25, 0.3) is 0 Å². The normalized spacial score (nSPS) is 46.1. The Bertz CT molecular complexity index is 671. The molecular weight excluding hydrogens is 336 g/mol. The summed E-state index contributed by atoms with van der Waals surface area (Å²) in [5.41, 5.74) is 0.335. The van der Waals surface area contributed by atoms with E-state index < -0.39 is 0 Å². The fraction of sp³-hybridized carbons (Fsp3) is 0.826. The minimum Gasteiger partial charge on any atom is -0.353 e. The maximum atomic E-state index is 12.3. The van der Waals surface area contributed by atoms with Gasteiger partial charge >= 0.3 is 0 Å². The fourth-order valence-corrected chi connectivity index (χ4v) is 7.31. The average molecular weight is 373 g/mol. The molecule has 150 valence electrons. The lowest BCUT2D eigenvalue weighted by molar-refractivity contribution is -0.138. The number of hydrogen-bond acceptors (Lipinski definition) is 2. The van der Waals surface area contributed by atoms with Gasteiger partial charge in [-0.15, -0.1) is 0 Å². The van der Waals surface area contributed by atoms with Crippen molar-refractivity contribution in [1.29, 1.82) is 0 Å². The Balaban J connectivity index is 1.58. The van der Waals surface area contributed by atoms with E-state index in [-0.39, 0.29) is 28.6 Å². The van der Waals surface area contributed by atoms with Crippen LogP contribution in [0.1, 0.15) is 66.2 Å². The van der Waals surface area contributed by atoms with E-state index in [1.807, 2.05) is 31.9 Å². The van der Waals surface area contributed by atoms with Crippen molar-refractivity contribution in [1.82, 2.24) is 10.2 Å². The molecule has 4 nitrogen and oxygen atoms in total. The summed E-state index contributed by atoms with van der Waals surface area (Å²) in [5, 5.41) is 3.39. The molecule has 7 atom stereocenters. The molecule has 4 rings (SSSR count). The summed E-state index contributed by atoms with van der Waals surface area (Å²) in [5.74, 6) is 2.49. The van der Waals surface area contributed by atoms with Crippen LogP contribution in [0.3, 0.4) is 0 Å². The number of amides is 2. The van der Waals surface area contributed by atoms with Crippen LogP contribution < -0.4 is 5.32 Å². The van der Waals surface area contributed by atoms with E-state index in [9.17, 15) is 9.59 Å². The molecule has 0 aromatic rings. The summed E-state index contributed by atoms with van der Waals surface area (Å²) in [6.07, 6.45) is 11.2. The Morgan fingerprint density at radius 2 is 1.89 bits per heavy atom. The molecule has 4 aliphatic rings. The maximum Gasteiger partial charge on any atom is 0.246 e. The van der Waals surface area contributed by atoms with Gasteiger partial charge in [-0.25, -0.2) is 0 Å². The maximum absolute atomic E-state index is 12.3. The molecule has 3 aliphatic carbocycles. The lowest BCUT2D eigenvalue weighted by atomic mass is 9.48. The van der Waals surface area contributed by atoms with E-state index in [1.165, 1.54) is 25.7 Å². The van der Waals surface area contributed by atoms with Gasteiger partial charge in [-0.1, -0.05) is 33.8 Å². The second-order valence-corrected chi connectivity index (χ2v) is 10.5. The second-order valence-electron chi connectivity index (χ2n) is 10.5. The van der Waals surface area contributed by atoms with Crippen LogP contribution in [-0.4, -0.2) is 35.8 Å². The van der Waals surface area contributed by atoms with Crippen molar-refractivity contribution in [2.75, 3.05) is 7.05 Å². The molecule has 0 radical (unpaired) electrons. The number of hydrogen-bond donors (Lipinski definition) is 1. The van der Waals surface area contributed by atoms with E-state index >= 15 is 0 Å². The molecule has 1 heterocycles. The minimum atomic E-state index is 0.0544. The van der Waals surface area contributed by atoms with Crippen LogP contribution in [-0.2, 0) is 9.59 Å². The van der Waals surface area contributed by atoms with E-state index in [1.54, 1.807) is 0 Å². The molecule has 2 unspecified atom stereocenters. The number of rotatable bonds is 2. The molecule has 0 spiro atoms. The highest BCUT2D eigenvalue weighted by Gasteiger charge is 2.60. The van der Waals surface area contributed by atoms with Gasteiger partial charge in [0.15, 0.2) is 0 Å². The van der Waals surface area contributed by atoms with Gasteiger partial charge in [-0.2, -0.15) is 0 Å². The molecule has 1 aliphatic heterocycles. The van der Waals surface area contributed by atoms with Crippen LogP contribution in [0.15, 0.2) is 12.2 Å². The van der Waals surface area contributed by atoms with Gasteiger partial charge in [0.2, 0.25) is 11.8 Å². The molecule has 3 saturated carbocycles. The van der Waals surface area contributed by atoms with Crippen molar-refractivity contribution >= 4 is 11.8 Å². The number of nitrogens with one attached hydrogen (secondary N) is 1. The molecule has 0 aromatic heterocycles. The summed E-state index contributed by atoms with van der Waals surface area (Å²) in [4.78, 5) is 26.5. The summed E-state index contributed by atoms with van der Waals surface area (Å²) >= 11 is 0. The second kappa shape index (κ2) is 6.35. The topological polar surface area (TPSA) is 49.4 Å². The fourth-order valence-electron chi connectivity index (χ4n) is 7.31. The Labute approximate surface area is 164 Å². The zero-order chi connectivity index (χ0) is 19.6. The molecule has 3 fully saturated rings. The summed E-state index contributed by atoms with van der Waals surface area (Å²) in [7, 11) is 1.98. The molecule has 0 saturated heterocycles. The third-order valence-corrected chi connectivity index (χ3v) is 8.97. The third-order valence-electron chi connectivity index (χ3n) is 8.97. The van der Waals surface area contributed by atoms with Crippen molar-refractivity contribution in [3.8, 4) is 0 Å². The van der Waals surface area contributed by atoms with Gasteiger partial charge in [-0.05, 0) is 67.8 Å². The van der Waals surface area contributed by atoms with Crippen LogP contribution in [0.4, 0.5) is 0 Å². The SMILES string of the molecule is CC(C)C(=O)NC1CC[C@H]2[C@@H]3CCC4N(C)C(=O)C=C[C@]4(C)[C@@H]3CC[C@]12C. The number of likely N-dealkylation sites (N-methyl/N-ethyl adjacent to an activating group) is 1. The van der Waals surface area contributed by atoms with Crippen LogP contribution in [0.5, 0.6) is 0 Å². The first-order valence-corrected chi connectivity index (χ1v) is 10.9. The van der Waals surface area contributed by atoms with Crippen molar-refractivity contribution in [3.63, 3.8) is 0 Å². The standard InChI is InChI=1S/C23H36N2O2/c1-14(2)21(27)24-18-8-7-16-15-6-9-19-23(4,13-11-20(26)25(19)5)17(15)10-12-22(16,18)3/h11,13-19H,6-10,12H2,1-5H3,(H,24,27)/t15-,16-,17+,18?,19?,22-,23+/m0/s1. The summed E-state index contributed by atoms with van der Waals surface area (Å²) in [6, 6.07) is 0.675. The Morgan fingerprint density at radius 1 is 1.15 bits per heavy atom. The van der Waals surface area contributed by atoms with Crippen molar-refractivity contribution in [2.24, 2.45) is 34.5 Å². The van der Waals surface area contributed by atoms with Crippen LogP contribution in [0.2, 0.25) is 0 Å². The molecular formula is C23H36N2O2. The highest BCUT2D eigenvalue weighted by atomic mass is 16.2. The van der Waals surface area contributed by atoms with Gasteiger partial charge in [0, 0.05) is 30.5 Å².